The van der Waals surface area contributed by atoms with Gasteiger partial charge in [-0.15, -0.1) is 0 Å². The molecule has 0 saturated carbocycles. The molecule has 0 saturated heterocycles. The van der Waals surface area contributed by atoms with Crippen LogP contribution in [-0.2, 0) is 8.64 Å². The lowest BCUT2D eigenvalue weighted by Crippen LogP contribution is -2.39. The molecule has 13 heavy (non-hydrogen) atoms. The van der Waals surface area contributed by atoms with Gasteiger partial charge in [0.1, 0.15) is 0 Å². The minimum Gasteiger partial charge on any atom is -0.480 e. The molecule has 0 radical (unpaired) electrons. The Kier molecular flexibility index (Phi) is 15.2. The molecule has 0 aliphatic heterocycles. The average molecular weight is 252 g/mol. The summed E-state index contributed by atoms with van der Waals surface area (Å²) in [5, 5.41) is 11.0. The second kappa shape index (κ2) is 10.4. The SMILES string of the molecule is CC(C)(C)NCC(=O)O.ClOCl.S. The van der Waals surface area contributed by atoms with Gasteiger partial charge >= 0.3 is 5.97 Å². The van der Waals surface area contributed by atoms with Crippen molar-refractivity contribution in [3.8, 4) is 0 Å². The van der Waals surface area contributed by atoms with Crippen LogP contribution in [0.5, 0.6) is 0 Å². The van der Waals surface area contributed by atoms with Crippen molar-refractivity contribution in [3.63, 3.8) is 0 Å². The van der Waals surface area contributed by atoms with Gasteiger partial charge in [-0.25, -0.2) is 0 Å². The number of carboxylic acids is 1. The highest BCUT2D eigenvalue weighted by Gasteiger charge is 2.09. The first-order chi connectivity index (χ1) is 5.33. The fourth-order valence-corrected chi connectivity index (χ4v) is 0.341. The maximum absolute atomic E-state index is 9.98. The summed E-state index contributed by atoms with van der Waals surface area (Å²) in [5.41, 5.74) is -0.0988. The summed E-state index contributed by atoms with van der Waals surface area (Å²) in [5.74, 6) is -0.815. The maximum Gasteiger partial charge on any atom is 0.317 e. The Morgan fingerprint density at radius 3 is 1.85 bits per heavy atom. The van der Waals surface area contributed by atoms with E-state index in [1.54, 1.807) is 0 Å². The number of carboxylic acid groups (broad SMARTS) is 1. The van der Waals surface area contributed by atoms with E-state index in [9.17, 15) is 4.79 Å². The third kappa shape index (κ3) is 32.9. The van der Waals surface area contributed by atoms with E-state index < -0.39 is 5.97 Å². The molecule has 0 bridgehead atoms. The normalized spacial score (nSPS) is 9.31. The third-order valence-corrected chi connectivity index (χ3v) is 0.770. The number of halogens is 2. The van der Waals surface area contributed by atoms with Crippen LogP contribution in [0.1, 0.15) is 20.8 Å². The van der Waals surface area contributed by atoms with E-state index in [-0.39, 0.29) is 25.6 Å². The first-order valence-corrected chi connectivity index (χ1v) is 3.81. The Labute approximate surface area is 95.3 Å². The van der Waals surface area contributed by atoms with E-state index in [0.29, 0.717) is 0 Å². The molecule has 0 spiro atoms. The largest absolute Gasteiger partial charge is 0.480 e. The van der Waals surface area contributed by atoms with Crippen molar-refractivity contribution in [1.82, 2.24) is 5.32 Å². The van der Waals surface area contributed by atoms with Gasteiger partial charge in [0.2, 0.25) is 0 Å². The van der Waals surface area contributed by atoms with Gasteiger partial charge in [-0.1, -0.05) is 0 Å². The molecule has 0 aromatic carbocycles. The van der Waals surface area contributed by atoms with E-state index in [1.807, 2.05) is 20.8 Å². The number of hydrogen-bond acceptors (Lipinski definition) is 3. The van der Waals surface area contributed by atoms with Gasteiger partial charge in [0.25, 0.3) is 0 Å². The van der Waals surface area contributed by atoms with Gasteiger partial charge < -0.3 is 10.4 Å². The Hall–Kier alpha value is 0.320. The number of aliphatic carboxylic acids is 1. The van der Waals surface area contributed by atoms with Gasteiger partial charge in [-0.05, 0) is 20.8 Å². The molecule has 7 heteroatoms. The monoisotopic (exact) mass is 251 g/mol. The third-order valence-electron chi connectivity index (χ3n) is 0.770. The van der Waals surface area contributed by atoms with Crippen LogP contribution < -0.4 is 5.32 Å². The summed E-state index contributed by atoms with van der Waals surface area (Å²) in [7, 11) is 0. The molecule has 2 N–H and O–H groups in total. The zero-order valence-electron chi connectivity index (χ0n) is 7.73. The number of rotatable bonds is 2. The molecular weight excluding hydrogens is 237 g/mol. The molecule has 0 rings (SSSR count). The van der Waals surface area contributed by atoms with Crippen LogP contribution in [0.3, 0.4) is 0 Å². The molecule has 82 valence electrons. The number of carbonyl (C=O) groups is 1. The second-order valence-corrected chi connectivity index (χ2v) is 3.52. The Balaban J connectivity index is -0.000000220. The highest BCUT2D eigenvalue weighted by molar-refractivity contribution is 7.59. The minimum absolute atomic E-state index is 0. The smallest absolute Gasteiger partial charge is 0.317 e. The highest BCUT2D eigenvalue weighted by atomic mass is 35.6. The van der Waals surface area contributed by atoms with E-state index in [4.69, 9.17) is 5.11 Å². The first kappa shape index (κ1) is 19.0. The van der Waals surface area contributed by atoms with Crippen LogP contribution in [0.15, 0.2) is 0 Å². The molecule has 0 aromatic rings. The van der Waals surface area contributed by atoms with Crippen molar-refractivity contribution in [2.24, 2.45) is 0 Å². The van der Waals surface area contributed by atoms with E-state index in [2.05, 4.69) is 32.9 Å². The van der Waals surface area contributed by atoms with Crippen LogP contribution in [0.25, 0.3) is 0 Å². The van der Waals surface area contributed by atoms with E-state index >= 15 is 0 Å². The van der Waals surface area contributed by atoms with Gasteiger partial charge in [0.15, 0.2) is 0 Å². The molecule has 0 unspecified atom stereocenters. The zero-order valence-corrected chi connectivity index (χ0v) is 10.2. The van der Waals surface area contributed by atoms with Gasteiger partial charge in [0, 0.05) is 5.54 Å². The lowest BCUT2D eigenvalue weighted by atomic mass is 10.1. The van der Waals surface area contributed by atoms with Gasteiger partial charge in [-0.3, -0.25) is 4.79 Å². The summed E-state index contributed by atoms with van der Waals surface area (Å²) < 4.78 is 3.19. The summed E-state index contributed by atoms with van der Waals surface area (Å²) in [6.45, 7) is 5.81. The zero-order chi connectivity index (χ0) is 10.2. The van der Waals surface area contributed by atoms with Crippen molar-refractivity contribution in [2.75, 3.05) is 6.54 Å². The predicted octanol–water partition coefficient (Wildman–Crippen LogP) is 1.88. The number of nitrogens with one attached hydrogen (secondary N) is 1. The fraction of sp³-hybridized carbons (Fsp3) is 0.833. The highest BCUT2D eigenvalue weighted by Crippen LogP contribution is 1.96. The van der Waals surface area contributed by atoms with Crippen LogP contribution in [0.2, 0.25) is 0 Å². The fourth-order valence-electron chi connectivity index (χ4n) is 0.341. The summed E-state index contributed by atoms with van der Waals surface area (Å²) in [6.07, 6.45) is 0. The Morgan fingerprint density at radius 1 is 1.46 bits per heavy atom. The molecule has 0 heterocycles. The summed E-state index contributed by atoms with van der Waals surface area (Å²) >= 11 is 8.53. The van der Waals surface area contributed by atoms with Gasteiger partial charge in [-0.2, -0.15) is 17.3 Å². The second-order valence-electron chi connectivity index (χ2n) is 3.06. The lowest BCUT2D eigenvalue weighted by molar-refractivity contribution is -0.136. The lowest BCUT2D eigenvalue weighted by Gasteiger charge is -2.18. The molecule has 0 atom stereocenters. The molecule has 0 aromatic heterocycles. The molecular formula is C6H15Cl2NO3S. The van der Waals surface area contributed by atoms with Gasteiger partial charge in [0.05, 0.1) is 30.3 Å². The van der Waals surface area contributed by atoms with Crippen LogP contribution in [0, 0.1) is 0 Å². The maximum atomic E-state index is 9.98. The van der Waals surface area contributed by atoms with Crippen molar-refractivity contribution in [1.29, 1.82) is 0 Å². The molecule has 0 aliphatic carbocycles. The number of hydrogen-bond donors (Lipinski definition) is 2. The van der Waals surface area contributed by atoms with Crippen molar-refractivity contribution in [3.05, 3.63) is 0 Å². The van der Waals surface area contributed by atoms with Crippen molar-refractivity contribution < 1.29 is 13.7 Å². The van der Waals surface area contributed by atoms with Crippen molar-refractivity contribution in [2.45, 2.75) is 26.3 Å². The summed E-state index contributed by atoms with van der Waals surface area (Å²) in [6, 6.07) is 0. The molecule has 0 fully saturated rings. The van der Waals surface area contributed by atoms with Crippen LogP contribution >= 0.6 is 37.2 Å². The predicted molar refractivity (Wildman–Crippen MR) is 58.6 cm³/mol. The Morgan fingerprint density at radius 2 is 1.77 bits per heavy atom. The van der Waals surface area contributed by atoms with Crippen molar-refractivity contribution >= 4 is 43.2 Å². The van der Waals surface area contributed by atoms with Crippen LogP contribution in [0.4, 0.5) is 0 Å². The van der Waals surface area contributed by atoms with Crippen LogP contribution in [-0.4, -0.2) is 23.2 Å². The van der Waals surface area contributed by atoms with E-state index in [1.165, 1.54) is 0 Å². The quantitative estimate of drug-likeness (QED) is 0.787. The average Bonchev–Trinajstić information content (AvgIpc) is 1.84. The first-order valence-electron chi connectivity index (χ1n) is 3.19. The Bertz CT molecular complexity index is 130. The summed E-state index contributed by atoms with van der Waals surface area (Å²) in [4.78, 5) is 9.98. The topological polar surface area (TPSA) is 58.6 Å². The molecule has 4 nitrogen and oxygen atoms in total. The van der Waals surface area contributed by atoms with E-state index in [0.717, 1.165) is 0 Å². The molecule has 0 aliphatic rings. The standard InChI is InChI=1S/C6H13NO2.Cl2O.H2S/c1-6(2,3)7-4-5(8)9;1-3-2;/h7H,4H2,1-3H3,(H,8,9);;1H2. The minimum atomic E-state index is -0.815. The molecule has 0 amide bonds.